The van der Waals surface area contributed by atoms with Gasteiger partial charge < -0.3 is 14.5 Å². The summed E-state index contributed by atoms with van der Waals surface area (Å²) in [6.45, 7) is 1.93. The Kier molecular flexibility index (Phi) is 2.76. The molecule has 0 aliphatic rings. The first-order valence-electron chi connectivity index (χ1n) is 5.07. The van der Waals surface area contributed by atoms with E-state index in [1.54, 1.807) is 6.07 Å². The van der Waals surface area contributed by atoms with Gasteiger partial charge in [0.1, 0.15) is 12.1 Å². The van der Waals surface area contributed by atoms with Crippen LogP contribution in [0.3, 0.4) is 0 Å². The summed E-state index contributed by atoms with van der Waals surface area (Å²) < 4.78 is 4.88. The van der Waals surface area contributed by atoms with Crippen LogP contribution in [-0.4, -0.2) is 15.1 Å². The zero-order valence-corrected chi connectivity index (χ0v) is 8.86. The monoisotopic (exact) mass is 220 g/mol. The summed E-state index contributed by atoms with van der Waals surface area (Å²) in [7, 11) is 0. The van der Waals surface area contributed by atoms with E-state index in [0.29, 0.717) is 23.4 Å². The van der Waals surface area contributed by atoms with Crippen LogP contribution < -0.4 is 5.56 Å². The zero-order valence-electron chi connectivity index (χ0n) is 8.86. The van der Waals surface area contributed by atoms with Gasteiger partial charge in [0, 0.05) is 0 Å². The van der Waals surface area contributed by atoms with Crippen molar-refractivity contribution in [2.24, 2.45) is 0 Å². The van der Waals surface area contributed by atoms with Gasteiger partial charge in [0.25, 0.3) is 5.56 Å². The number of furan rings is 1. The normalized spacial score (nSPS) is 10.6. The molecule has 0 spiro atoms. The lowest BCUT2D eigenvalue weighted by Gasteiger charge is -2.03. The molecule has 0 bridgehead atoms. The number of nitrogens with zero attached hydrogens (tertiary/aromatic N) is 1. The number of hydrogen-bond acceptors (Lipinski definition) is 4. The molecular formula is C11H12N2O3. The number of H-pyrrole nitrogens is 1. The molecule has 2 rings (SSSR count). The SMILES string of the molecule is CCCc1c(O)nc(-c2ccoc2)[nH]c1=O. The molecule has 2 heterocycles. The molecule has 16 heavy (non-hydrogen) atoms. The van der Waals surface area contributed by atoms with Crippen LogP contribution in [0.4, 0.5) is 0 Å². The second kappa shape index (κ2) is 4.22. The van der Waals surface area contributed by atoms with Gasteiger partial charge in [-0.25, -0.2) is 0 Å². The summed E-state index contributed by atoms with van der Waals surface area (Å²) in [6.07, 6.45) is 4.23. The van der Waals surface area contributed by atoms with Gasteiger partial charge in [-0.15, -0.1) is 0 Å². The highest BCUT2D eigenvalue weighted by molar-refractivity contribution is 5.53. The number of aromatic nitrogens is 2. The molecule has 5 heteroatoms. The molecule has 0 atom stereocenters. The number of nitrogens with one attached hydrogen (secondary N) is 1. The van der Waals surface area contributed by atoms with E-state index in [0.717, 1.165) is 6.42 Å². The molecule has 0 aromatic carbocycles. The highest BCUT2D eigenvalue weighted by Gasteiger charge is 2.11. The second-order valence-electron chi connectivity index (χ2n) is 3.48. The van der Waals surface area contributed by atoms with Crippen molar-refractivity contribution < 1.29 is 9.52 Å². The molecule has 2 aromatic rings. The van der Waals surface area contributed by atoms with Crippen LogP contribution in [0.25, 0.3) is 11.4 Å². The molecule has 0 aliphatic carbocycles. The summed E-state index contributed by atoms with van der Waals surface area (Å²) in [5.74, 6) is 0.109. The minimum Gasteiger partial charge on any atom is -0.493 e. The highest BCUT2D eigenvalue weighted by atomic mass is 16.3. The van der Waals surface area contributed by atoms with Gasteiger partial charge in [-0.3, -0.25) is 4.79 Å². The van der Waals surface area contributed by atoms with E-state index in [2.05, 4.69) is 9.97 Å². The van der Waals surface area contributed by atoms with Crippen LogP contribution in [0.5, 0.6) is 5.88 Å². The van der Waals surface area contributed by atoms with Crippen LogP contribution in [-0.2, 0) is 6.42 Å². The van der Waals surface area contributed by atoms with E-state index in [1.807, 2.05) is 6.92 Å². The van der Waals surface area contributed by atoms with Crippen molar-refractivity contribution in [3.8, 4) is 17.3 Å². The molecule has 5 nitrogen and oxygen atoms in total. The molecular weight excluding hydrogens is 208 g/mol. The molecule has 84 valence electrons. The van der Waals surface area contributed by atoms with Gasteiger partial charge in [0.2, 0.25) is 5.88 Å². The fraction of sp³-hybridized carbons (Fsp3) is 0.273. The molecule has 0 aliphatic heterocycles. The van der Waals surface area contributed by atoms with Crippen molar-refractivity contribution in [1.82, 2.24) is 9.97 Å². The minimum absolute atomic E-state index is 0.207. The largest absolute Gasteiger partial charge is 0.493 e. The van der Waals surface area contributed by atoms with E-state index >= 15 is 0 Å². The van der Waals surface area contributed by atoms with Gasteiger partial charge in [-0.05, 0) is 12.5 Å². The summed E-state index contributed by atoms with van der Waals surface area (Å²) in [4.78, 5) is 18.2. The number of aromatic hydroxyl groups is 1. The number of aromatic amines is 1. The maximum Gasteiger partial charge on any atom is 0.258 e. The smallest absolute Gasteiger partial charge is 0.258 e. The van der Waals surface area contributed by atoms with Crippen LogP contribution in [0, 0.1) is 0 Å². The van der Waals surface area contributed by atoms with Crippen molar-refractivity contribution in [1.29, 1.82) is 0 Å². The van der Waals surface area contributed by atoms with Gasteiger partial charge in [-0.1, -0.05) is 13.3 Å². The zero-order chi connectivity index (χ0) is 11.5. The predicted molar refractivity (Wildman–Crippen MR) is 58.2 cm³/mol. The third-order valence-electron chi connectivity index (χ3n) is 2.29. The van der Waals surface area contributed by atoms with Gasteiger partial charge in [0.15, 0.2) is 0 Å². The summed E-state index contributed by atoms with van der Waals surface area (Å²) in [6, 6.07) is 1.66. The quantitative estimate of drug-likeness (QED) is 0.824. The van der Waals surface area contributed by atoms with Crippen LogP contribution >= 0.6 is 0 Å². The van der Waals surface area contributed by atoms with Crippen LogP contribution in [0.2, 0.25) is 0 Å². The van der Waals surface area contributed by atoms with E-state index in [-0.39, 0.29) is 11.4 Å². The highest BCUT2D eigenvalue weighted by Crippen LogP contribution is 2.18. The first-order chi connectivity index (χ1) is 7.72. The Morgan fingerprint density at radius 1 is 1.56 bits per heavy atom. The maximum atomic E-state index is 11.7. The lowest BCUT2D eigenvalue weighted by atomic mass is 10.2. The maximum absolute atomic E-state index is 11.7. The molecule has 0 unspecified atom stereocenters. The first-order valence-corrected chi connectivity index (χ1v) is 5.07. The van der Waals surface area contributed by atoms with E-state index in [4.69, 9.17) is 4.42 Å². The molecule has 0 radical (unpaired) electrons. The lowest BCUT2D eigenvalue weighted by Crippen LogP contribution is -2.14. The molecule has 0 amide bonds. The van der Waals surface area contributed by atoms with E-state index in [1.165, 1.54) is 12.5 Å². The standard InChI is InChI=1S/C11H12N2O3/c1-2-3-8-10(14)12-9(13-11(8)15)7-4-5-16-6-7/h4-6H,2-3H2,1H3,(H2,12,13,14,15). The average molecular weight is 220 g/mol. The van der Waals surface area contributed by atoms with E-state index in [9.17, 15) is 9.90 Å². The van der Waals surface area contributed by atoms with Crippen LogP contribution in [0.1, 0.15) is 18.9 Å². The first kappa shape index (κ1) is 10.5. The fourth-order valence-corrected chi connectivity index (χ4v) is 1.50. The van der Waals surface area contributed by atoms with Crippen molar-refractivity contribution in [3.63, 3.8) is 0 Å². The third kappa shape index (κ3) is 1.84. The number of rotatable bonds is 3. The summed E-state index contributed by atoms with van der Waals surface area (Å²) in [5, 5.41) is 9.64. The van der Waals surface area contributed by atoms with Crippen molar-refractivity contribution in [2.45, 2.75) is 19.8 Å². The Labute approximate surface area is 91.8 Å². The average Bonchev–Trinajstić information content (AvgIpc) is 2.76. The van der Waals surface area contributed by atoms with Crippen LogP contribution in [0.15, 0.2) is 27.8 Å². The number of hydrogen-bond donors (Lipinski definition) is 2. The summed E-state index contributed by atoms with van der Waals surface area (Å²) >= 11 is 0. The summed E-state index contributed by atoms with van der Waals surface area (Å²) in [5.41, 5.74) is 0.663. The Morgan fingerprint density at radius 2 is 2.38 bits per heavy atom. The minimum atomic E-state index is -0.300. The van der Waals surface area contributed by atoms with E-state index < -0.39 is 0 Å². The Bertz CT molecular complexity index is 529. The van der Waals surface area contributed by atoms with Crippen molar-refractivity contribution in [2.75, 3.05) is 0 Å². The Balaban J connectivity index is 2.49. The molecule has 0 saturated heterocycles. The Morgan fingerprint density at radius 3 is 2.94 bits per heavy atom. The fourth-order valence-electron chi connectivity index (χ4n) is 1.50. The molecule has 2 aromatic heterocycles. The molecule has 0 saturated carbocycles. The molecule has 0 fully saturated rings. The topological polar surface area (TPSA) is 79.1 Å². The predicted octanol–water partition coefficient (Wildman–Crippen LogP) is 1.69. The van der Waals surface area contributed by atoms with Gasteiger partial charge in [-0.2, -0.15) is 4.98 Å². The lowest BCUT2D eigenvalue weighted by molar-refractivity contribution is 0.443. The molecule has 2 N–H and O–H groups in total. The van der Waals surface area contributed by atoms with Crippen molar-refractivity contribution in [3.05, 3.63) is 34.5 Å². The van der Waals surface area contributed by atoms with Gasteiger partial charge >= 0.3 is 0 Å². The third-order valence-corrected chi connectivity index (χ3v) is 2.29. The van der Waals surface area contributed by atoms with Crippen molar-refractivity contribution >= 4 is 0 Å². The van der Waals surface area contributed by atoms with Gasteiger partial charge in [0.05, 0.1) is 17.4 Å². The Hall–Kier alpha value is -2.04. The second-order valence-corrected chi connectivity index (χ2v) is 3.48.